The number of hydrogen-bond donors (Lipinski definition) is 3. The van der Waals surface area contributed by atoms with E-state index in [-0.39, 0.29) is 5.75 Å². The van der Waals surface area contributed by atoms with E-state index in [4.69, 9.17) is 14.2 Å². The van der Waals surface area contributed by atoms with E-state index in [0.29, 0.717) is 0 Å². The topological polar surface area (TPSA) is 149 Å². The lowest BCUT2D eigenvalue weighted by Crippen LogP contribution is -2.38. The van der Waals surface area contributed by atoms with Gasteiger partial charge >= 0.3 is 13.3 Å². The standard InChI is InChI=1S/C13H19N2O9P/c1-21-8-6-15(13(18)14-11(8)17)12-9(16)10(22-2)7(24-12)4-5-25(19,20)23-3/h4-7,9-10,12,16H,1-3H3,(H,19,20)(H,14,17,18)/b5-4+/t7-,9+,10?,12-/m1/s1. The summed E-state index contributed by atoms with van der Waals surface area (Å²) in [7, 11) is -0.310. The van der Waals surface area contributed by atoms with Crippen molar-refractivity contribution < 1.29 is 33.3 Å². The first-order chi connectivity index (χ1) is 11.7. The summed E-state index contributed by atoms with van der Waals surface area (Å²) < 4.78 is 32.4. The van der Waals surface area contributed by atoms with Gasteiger partial charge in [0.2, 0.25) is 5.75 Å². The Morgan fingerprint density at radius 1 is 1.36 bits per heavy atom. The van der Waals surface area contributed by atoms with E-state index < -0.39 is 43.4 Å². The van der Waals surface area contributed by atoms with Crippen molar-refractivity contribution in [2.45, 2.75) is 24.5 Å². The second-order valence-electron chi connectivity index (χ2n) is 5.13. The molecule has 1 aromatic rings. The fourth-order valence-corrected chi connectivity index (χ4v) is 2.90. The molecular formula is C13H19N2O9P. The number of rotatable bonds is 6. The number of aromatic amines is 1. The van der Waals surface area contributed by atoms with Crippen LogP contribution in [0.4, 0.5) is 0 Å². The fraction of sp³-hybridized carbons (Fsp3) is 0.538. The number of hydrogen-bond acceptors (Lipinski definition) is 8. The molecule has 12 heteroatoms. The molecule has 5 atom stereocenters. The van der Waals surface area contributed by atoms with Crippen LogP contribution in [0.25, 0.3) is 0 Å². The van der Waals surface area contributed by atoms with Gasteiger partial charge in [0, 0.05) is 20.0 Å². The second kappa shape index (κ2) is 7.65. The van der Waals surface area contributed by atoms with E-state index in [9.17, 15) is 24.2 Å². The van der Waals surface area contributed by atoms with E-state index in [1.807, 2.05) is 4.98 Å². The van der Waals surface area contributed by atoms with E-state index in [2.05, 4.69) is 4.52 Å². The van der Waals surface area contributed by atoms with Crippen LogP contribution in [0.2, 0.25) is 0 Å². The molecular weight excluding hydrogens is 359 g/mol. The van der Waals surface area contributed by atoms with Gasteiger partial charge in [0.25, 0.3) is 5.56 Å². The summed E-state index contributed by atoms with van der Waals surface area (Å²) in [5.41, 5.74) is -1.55. The Balaban J connectivity index is 2.37. The summed E-state index contributed by atoms with van der Waals surface area (Å²) in [6.07, 6.45) is -2.07. The minimum Gasteiger partial charge on any atom is -0.490 e. The van der Waals surface area contributed by atoms with Gasteiger partial charge in [-0.15, -0.1) is 0 Å². The van der Waals surface area contributed by atoms with Gasteiger partial charge in [0.1, 0.15) is 18.3 Å². The summed E-state index contributed by atoms with van der Waals surface area (Å²) in [5.74, 6) is 0.747. The van der Waals surface area contributed by atoms with Gasteiger partial charge in [-0.2, -0.15) is 0 Å². The molecule has 11 nitrogen and oxygen atoms in total. The van der Waals surface area contributed by atoms with Gasteiger partial charge in [0.05, 0.1) is 13.3 Å². The van der Waals surface area contributed by atoms with Crippen LogP contribution in [0.5, 0.6) is 5.75 Å². The van der Waals surface area contributed by atoms with Crippen molar-refractivity contribution in [3.63, 3.8) is 0 Å². The van der Waals surface area contributed by atoms with E-state index in [0.717, 1.165) is 23.7 Å². The maximum Gasteiger partial charge on any atom is 0.351 e. The summed E-state index contributed by atoms with van der Waals surface area (Å²) in [6.45, 7) is 0. The summed E-state index contributed by atoms with van der Waals surface area (Å²) >= 11 is 0. The highest BCUT2D eigenvalue weighted by Crippen LogP contribution is 2.43. The maximum absolute atomic E-state index is 12.0. The van der Waals surface area contributed by atoms with E-state index in [1.165, 1.54) is 20.3 Å². The lowest BCUT2D eigenvalue weighted by molar-refractivity contribution is -0.0318. The first kappa shape index (κ1) is 19.6. The van der Waals surface area contributed by atoms with Crippen LogP contribution < -0.4 is 16.0 Å². The number of aliphatic hydroxyl groups excluding tert-OH is 1. The van der Waals surface area contributed by atoms with Crippen molar-refractivity contribution in [2.24, 2.45) is 0 Å². The number of aromatic nitrogens is 2. The molecule has 0 aliphatic carbocycles. The Bertz CT molecular complexity index is 801. The van der Waals surface area contributed by atoms with Crippen LogP contribution in [-0.4, -0.2) is 59.2 Å². The second-order valence-corrected chi connectivity index (χ2v) is 6.93. The number of nitrogens with one attached hydrogen (secondary N) is 1. The lowest BCUT2D eigenvalue weighted by Gasteiger charge is -2.18. The van der Waals surface area contributed by atoms with Crippen LogP contribution in [0.3, 0.4) is 0 Å². The average molecular weight is 378 g/mol. The number of nitrogens with zero attached hydrogens (tertiary/aromatic N) is 1. The molecule has 2 unspecified atom stereocenters. The molecule has 2 heterocycles. The largest absolute Gasteiger partial charge is 0.490 e. The molecule has 0 amide bonds. The minimum atomic E-state index is -3.94. The van der Waals surface area contributed by atoms with Crippen LogP contribution >= 0.6 is 7.60 Å². The summed E-state index contributed by atoms with van der Waals surface area (Å²) in [4.78, 5) is 35.0. The maximum atomic E-state index is 12.0. The van der Waals surface area contributed by atoms with Gasteiger partial charge in [-0.05, 0) is 6.08 Å². The Morgan fingerprint density at radius 2 is 2.04 bits per heavy atom. The van der Waals surface area contributed by atoms with Crippen LogP contribution in [0.1, 0.15) is 6.23 Å². The van der Waals surface area contributed by atoms with Gasteiger partial charge in [0.15, 0.2) is 6.23 Å². The van der Waals surface area contributed by atoms with Gasteiger partial charge in [-0.3, -0.25) is 18.9 Å². The number of aliphatic hydroxyl groups is 1. The molecule has 0 saturated carbocycles. The first-order valence-corrected chi connectivity index (χ1v) is 8.72. The highest BCUT2D eigenvalue weighted by Gasteiger charge is 2.44. The molecule has 2 rings (SSSR count). The predicted molar refractivity (Wildman–Crippen MR) is 84.6 cm³/mol. The van der Waals surface area contributed by atoms with Crippen molar-refractivity contribution in [1.29, 1.82) is 0 Å². The van der Waals surface area contributed by atoms with E-state index in [1.54, 1.807) is 0 Å². The zero-order valence-corrected chi connectivity index (χ0v) is 14.6. The average Bonchev–Trinajstić information content (AvgIpc) is 2.89. The quantitative estimate of drug-likeness (QED) is 0.539. The molecule has 0 spiro atoms. The highest BCUT2D eigenvalue weighted by atomic mass is 31.2. The molecule has 0 radical (unpaired) electrons. The van der Waals surface area contributed by atoms with Crippen molar-refractivity contribution in [1.82, 2.24) is 9.55 Å². The predicted octanol–water partition coefficient (Wildman–Crippen LogP) is -0.836. The molecule has 0 aromatic carbocycles. The minimum absolute atomic E-state index is 0.150. The molecule has 3 N–H and O–H groups in total. The first-order valence-electron chi connectivity index (χ1n) is 7.07. The molecule has 25 heavy (non-hydrogen) atoms. The Labute approximate surface area is 141 Å². The number of methoxy groups -OCH3 is 2. The zero-order valence-electron chi connectivity index (χ0n) is 13.7. The van der Waals surface area contributed by atoms with Crippen molar-refractivity contribution >= 4 is 7.60 Å². The SMILES string of the molecule is COc1cn([C@@H]2O[C@H](/C=C/P(=O)(O)OC)C(OC)[C@@H]2O)c(=O)[nH]c1=O. The van der Waals surface area contributed by atoms with Crippen molar-refractivity contribution in [3.8, 4) is 5.75 Å². The molecule has 1 aliphatic heterocycles. The van der Waals surface area contributed by atoms with Gasteiger partial charge < -0.3 is 28.7 Å². The van der Waals surface area contributed by atoms with Crippen LogP contribution in [0.15, 0.2) is 27.7 Å². The number of H-pyrrole nitrogens is 1. The van der Waals surface area contributed by atoms with E-state index >= 15 is 0 Å². The normalized spacial score (nSPS) is 29.0. The van der Waals surface area contributed by atoms with Crippen LogP contribution in [-0.2, 0) is 18.6 Å². The molecule has 0 bridgehead atoms. The zero-order chi connectivity index (χ0) is 18.8. The highest BCUT2D eigenvalue weighted by molar-refractivity contribution is 7.56. The Hall–Kier alpha value is -1.75. The van der Waals surface area contributed by atoms with Gasteiger partial charge in [-0.25, -0.2) is 4.79 Å². The third-order valence-electron chi connectivity index (χ3n) is 3.68. The smallest absolute Gasteiger partial charge is 0.351 e. The Morgan fingerprint density at radius 3 is 2.60 bits per heavy atom. The third-order valence-corrected chi connectivity index (χ3v) is 4.75. The molecule has 1 saturated heterocycles. The molecule has 1 aliphatic rings. The third kappa shape index (κ3) is 4.09. The Kier molecular flexibility index (Phi) is 5.99. The monoisotopic (exact) mass is 378 g/mol. The molecule has 1 fully saturated rings. The van der Waals surface area contributed by atoms with Crippen LogP contribution in [0, 0.1) is 0 Å². The molecule has 140 valence electrons. The lowest BCUT2D eigenvalue weighted by atomic mass is 10.1. The van der Waals surface area contributed by atoms with Crippen molar-refractivity contribution in [3.05, 3.63) is 38.9 Å². The fourth-order valence-electron chi connectivity index (χ4n) is 2.39. The van der Waals surface area contributed by atoms with Crippen molar-refractivity contribution in [2.75, 3.05) is 21.3 Å². The summed E-state index contributed by atoms with van der Waals surface area (Å²) in [6, 6.07) is 0. The molecule has 1 aromatic heterocycles. The van der Waals surface area contributed by atoms with Gasteiger partial charge in [-0.1, -0.05) is 0 Å². The summed E-state index contributed by atoms with van der Waals surface area (Å²) in [5, 5.41) is 10.4. The number of ether oxygens (including phenoxy) is 3.